The summed E-state index contributed by atoms with van der Waals surface area (Å²) < 4.78 is 27.6. The van der Waals surface area contributed by atoms with Crippen molar-refractivity contribution >= 4 is 10.0 Å². The number of rotatable bonds is 2. The lowest BCUT2D eigenvalue weighted by molar-refractivity contribution is 0.178. The van der Waals surface area contributed by atoms with Crippen molar-refractivity contribution in [2.75, 3.05) is 20.1 Å². The molecule has 0 aromatic heterocycles. The first-order chi connectivity index (χ1) is 11.1. The van der Waals surface area contributed by atoms with E-state index in [4.69, 9.17) is 0 Å². The van der Waals surface area contributed by atoms with Crippen LogP contribution in [0.2, 0.25) is 0 Å². The second-order valence-corrected chi connectivity index (χ2v) is 8.28. The van der Waals surface area contributed by atoms with E-state index in [0.29, 0.717) is 18.0 Å². The molecule has 1 unspecified atom stereocenters. The maximum Gasteiger partial charge on any atom is 0.243 e. The maximum absolute atomic E-state index is 13.0. The molecule has 0 aliphatic carbocycles. The minimum Gasteiger partial charge on any atom is -0.298 e. The first-order valence-electron chi connectivity index (χ1n) is 7.93. The summed E-state index contributed by atoms with van der Waals surface area (Å²) >= 11 is 0. The van der Waals surface area contributed by atoms with Crippen molar-refractivity contribution in [2.45, 2.75) is 23.9 Å². The van der Waals surface area contributed by atoms with Gasteiger partial charge in [-0.2, -0.15) is 4.31 Å². The summed E-state index contributed by atoms with van der Waals surface area (Å²) in [5.74, 6) is 0. The van der Waals surface area contributed by atoms with Crippen LogP contribution < -0.4 is 0 Å². The fraction of sp³-hybridized carbons (Fsp3) is 0.333. The van der Waals surface area contributed by atoms with Crippen molar-refractivity contribution in [3.05, 3.63) is 65.2 Å². The molecule has 0 radical (unpaired) electrons. The van der Waals surface area contributed by atoms with E-state index in [1.807, 2.05) is 6.07 Å². The molecule has 5 heteroatoms. The molecule has 23 heavy (non-hydrogen) atoms. The fourth-order valence-corrected chi connectivity index (χ4v) is 5.17. The minimum absolute atomic E-state index is 0.155. The molecule has 0 spiro atoms. The second kappa shape index (κ2) is 5.44. The van der Waals surface area contributed by atoms with Crippen molar-refractivity contribution in [3.8, 4) is 0 Å². The standard InChI is InChI=1S/C18H20N2O2S/c1-19-11-10-14-6-5-7-15-12-20(13-17(19)18(14)15)23(21,22)16-8-3-2-4-9-16/h2-9,17H,10-13H2,1H3. The van der Waals surface area contributed by atoms with E-state index < -0.39 is 10.0 Å². The molecule has 2 heterocycles. The van der Waals surface area contributed by atoms with Crippen LogP contribution in [0, 0.1) is 0 Å². The van der Waals surface area contributed by atoms with E-state index in [1.165, 1.54) is 11.1 Å². The van der Waals surface area contributed by atoms with Gasteiger partial charge in [0.05, 0.1) is 4.90 Å². The Bertz CT molecular complexity index is 833. The SMILES string of the molecule is CN1CCc2cccc3c2C1CN(S(=O)(=O)c1ccccc1)C3. The Labute approximate surface area is 137 Å². The Balaban J connectivity index is 1.77. The van der Waals surface area contributed by atoms with Crippen LogP contribution in [0.4, 0.5) is 0 Å². The van der Waals surface area contributed by atoms with Crippen LogP contribution in [-0.2, 0) is 23.0 Å². The molecule has 0 fully saturated rings. The second-order valence-electron chi connectivity index (χ2n) is 6.35. The lowest BCUT2D eigenvalue weighted by atomic mass is 9.86. The Kier molecular flexibility index (Phi) is 3.52. The first-order valence-corrected chi connectivity index (χ1v) is 9.37. The molecule has 4 rings (SSSR count). The molecule has 120 valence electrons. The fourth-order valence-electron chi connectivity index (χ4n) is 3.73. The number of likely N-dealkylation sites (N-methyl/N-ethyl adjacent to an activating group) is 1. The van der Waals surface area contributed by atoms with Crippen LogP contribution in [0.1, 0.15) is 22.7 Å². The van der Waals surface area contributed by atoms with Crippen molar-refractivity contribution in [2.24, 2.45) is 0 Å². The molecule has 0 amide bonds. The van der Waals surface area contributed by atoms with E-state index in [9.17, 15) is 8.42 Å². The molecule has 2 aromatic carbocycles. The minimum atomic E-state index is -3.45. The van der Waals surface area contributed by atoms with Crippen molar-refractivity contribution in [1.29, 1.82) is 0 Å². The third kappa shape index (κ3) is 2.40. The molecule has 1 atom stereocenters. The summed E-state index contributed by atoms with van der Waals surface area (Å²) in [5, 5.41) is 0. The number of benzene rings is 2. The third-order valence-corrected chi connectivity index (χ3v) is 6.82. The maximum atomic E-state index is 13.0. The molecule has 0 saturated carbocycles. The van der Waals surface area contributed by atoms with Gasteiger partial charge in [0.25, 0.3) is 0 Å². The van der Waals surface area contributed by atoms with Gasteiger partial charge in [-0.15, -0.1) is 0 Å². The summed E-state index contributed by atoms with van der Waals surface area (Å²) in [6.45, 7) is 1.96. The molecule has 2 aromatic rings. The largest absolute Gasteiger partial charge is 0.298 e. The van der Waals surface area contributed by atoms with E-state index in [-0.39, 0.29) is 6.04 Å². The zero-order valence-corrected chi connectivity index (χ0v) is 14.0. The normalized spacial score (nSPS) is 21.9. The van der Waals surface area contributed by atoms with Crippen LogP contribution in [0.3, 0.4) is 0 Å². The highest BCUT2D eigenvalue weighted by molar-refractivity contribution is 7.89. The smallest absolute Gasteiger partial charge is 0.243 e. The Morgan fingerprint density at radius 3 is 2.52 bits per heavy atom. The Morgan fingerprint density at radius 2 is 1.74 bits per heavy atom. The van der Waals surface area contributed by atoms with Gasteiger partial charge in [0.15, 0.2) is 0 Å². The van der Waals surface area contributed by atoms with Gasteiger partial charge in [-0.3, -0.25) is 4.90 Å². The average Bonchev–Trinajstić information content (AvgIpc) is 2.58. The van der Waals surface area contributed by atoms with Gasteiger partial charge < -0.3 is 0 Å². The molecule has 2 aliphatic rings. The van der Waals surface area contributed by atoms with Gasteiger partial charge in [0.1, 0.15) is 0 Å². The number of sulfonamides is 1. The van der Waals surface area contributed by atoms with E-state index >= 15 is 0 Å². The molecule has 0 saturated heterocycles. The van der Waals surface area contributed by atoms with Gasteiger partial charge in [-0.25, -0.2) is 8.42 Å². The topological polar surface area (TPSA) is 40.6 Å². The van der Waals surface area contributed by atoms with Gasteiger partial charge in [0.2, 0.25) is 10.0 Å². The number of nitrogens with zero attached hydrogens (tertiary/aromatic N) is 2. The van der Waals surface area contributed by atoms with E-state index in [0.717, 1.165) is 18.5 Å². The van der Waals surface area contributed by atoms with Crippen molar-refractivity contribution in [3.63, 3.8) is 0 Å². The predicted octanol–water partition coefficient (Wildman–Crippen LogP) is 2.42. The third-order valence-electron chi connectivity index (χ3n) is 4.99. The quantitative estimate of drug-likeness (QED) is 0.850. The van der Waals surface area contributed by atoms with Crippen LogP contribution in [0.15, 0.2) is 53.4 Å². The summed E-state index contributed by atoms with van der Waals surface area (Å²) in [4.78, 5) is 2.65. The highest BCUT2D eigenvalue weighted by Gasteiger charge is 2.37. The molecule has 0 bridgehead atoms. The molecule has 0 N–H and O–H groups in total. The zero-order chi connectivity index (χ0) is 16.0. The monoisotopic (exact) mass is 328 g/mol. The number of hydrogen-bond acceptors (Lipinski definition) is 3. The van der Waals surface area contributed by atoms with E-state index in [2.05, 4.69) is 30.1 Å². The van der Waals surface area contributed by atoms with Crippen LogP contribution in [0.25, 0.3) is 0 Å². The lowest BCUT2D eigenvalue weighted by Gasteiger charge is -2.42. The summed E-state index contributed by atoms with van der Waals surface area (Å²) in [6, 6.07) is 15.2. The van der Waals surface area contributed by atoms with Crippen molar-refractivity contribution < 1.29 is 8.42 Å². The molecule has 2 aliphatic heterocycles. The summed E-state index contributed by atoms with van der Waals surface area (Å²) in [7, 11) is -1.37. The Hall–Kier alpha value is -1.69. The van der Waals surface area contributed by atoms with Crippen molar-refractivity contribution in [1.82, 2.24) is 9.21 Å². The van der Waals surface area contributed by atoms with Crippen LogP contribution in [-0.4, -0.2) is 37.8 Å². The highest BCUT2D eigenvalue weighted by Crippen LogP contribution is 2.38. The van der Waals surface area contributed by atoms with Gasteiger partial charge in [-0.1, -0.05) is 36.4 Å². The van der Waals surface area contributed by atoms with Gasteiger partial charge in [-0.05, 0) is 42.3 Å². The summed E-state index contributed by atoms with van der Waals surface area (Å²) in [6.07, 6.45) is 1.04. The first kappa shape index (κ1) is 14.9. The molecular formula is C18H20N2O2S. The number of hydrogen-bond donors (Lipinski definition) is 0. The molecule has 4 nitrogen and oxygen atoms in total. The van der Waals surface area contributed by atoms with Crippen LogP contribution in [0.5, 0.6) is 0 Å². The molecular weight excluding hydrogens is 308 g/mol. The summed E-state index contributed by atoms with van der Waals surface area (Å²) in [5.41, 5.74) is 3.87. The predicted molar refractivity (Wildman–Crippen MR) is 89.6 cm³/mol. The highest BCUT2D eigenvalue weighted by atomic mass is 32.2. The lowest BCUT2D eigenvalue weighted by Crippen LogP contribution is -2.46. The van der Waals surface area contributed by atoms with E-state index in [1.54, 1.807) is 28.6 Å². The van der Waals surface area contributed by atoms with Crippen LogP contribution >= 0.6 is 0 Å². The average molecular weight is 328 g/mol. The van der Waals surface area contributed by atoms with Gasteiger partial charge >= 0.3 is 0 Å². The zero-order valence-electron chi connectivity index (χ0n) is 13.1. The Morgan fingerprint density at radius 1 is 1.00 bits per heavy atom. The van der Waals surface area contributed by atoms with Gasteiger partial charge in [0, 0.05) is 25.7 Å².